The zero-order chi connectivity index (χ0) is 17.5. The van der Waals surface area contributed by atoms with Crippen LogP contribution in [-0.2, 0) is 6.42 Å². The lowest BCUT2D eigenvalue weighted by Gasteiger charge is -2.25. The first kappa shape index (κ1) is 19.3. The van der Waals surface area contributed by atoms with Gasteiger partial charge in [-0.25, -0.2) is 4.79 Å². The Labute approximate surface area is 140 Å². The summed E-state index contributed by atoms with van der Waals surface area (Å²) in [6.07, 6.45) is 1.26. The lowest BCUT2D eigenvalue weighted by Crippen LogP contribution is -2.43. The van der Waals surface area contributed by atoms with Crippen molar-refractivity contribution in [2.45, 2.75) is 39.7 Å². The van der Waals surface area contributed by atoms with Gasteiger partial charge in [-0.15, -0.1) is 0 Å². The van der Waals surface area contributed by atoms with Crippen molar-refractivity contribution in [3.8, 4) is 0 Å². The molecule has 0 saturated heterocycles. The second-order valence-electron chi connectivity index (χ2n) is 7.18. The molecule has 0 saturated carbocycles. The number of rotatable bonds is 7. The number of aliphatic hydroxyl groups is 1. The van der Waals surface area contributed by atoms with Crippen molar-refractivity contribution in [3.05, 3.63) is 29.8 Å². The summed E-state index contributed by atoms with van der Waals surface area (Å²) < 4.78 is 0. The van der Waals surface area contributed by atoms with Crippen LogP contribution in [0.15, 0.2) is 24.3 Å². The third-order valence-electron chi connectivity index (χ3n) is 3.84. The third-order valence-corrected chi connectivity index (χ3v) is 3.84. The summed E-state index contributed by atoms with van der Waals surface area (Å²) in [4.78, 5) is 13.7. The first-order chi connectivity index (χ1) is 10.7. The van der Waals surface area contributed by atoms with E-state index >= 15 is 0 Å². The molecule has 0 heterocycles. The van der Waals surface area contributed by atoms with Gasteiger partial charge < -0.3 is 20.6 Å². The number of urea groups is 1. The molecule has 5 heteroatoms. The molecule has 5 nitrogen and oxygen atoms in total. The van der Waals surface area contributed by atoms with Crippen molar-refractivity contribution in [2.24, 2.45) is 5.41 Å². The summed E-state index contributed by atoms with van der Waals surface area (Å²) in [7, 11) is 4.04. The smallest absolute Gasteiger partial charge is 0.314 e. The number of hydrogen-bond donors (Lipinski definition) is 3. The lowest BCUT2D eigenvalue weighted by molar-refractivity contribution is 0.0650. The highest BCUT2D eigenvalue weighted by Gasteiger charge is 2.22. The van der Waals surface area contributed by atoms with Crippen LogP contribution in [0.3, 0.4) is 0 Å². The number of hydrogen-bond acceptors (Lipinski definition) is 3. The standard InChI is InChI=1S/C18H31N3O2/c1-18(2,3)16(22)13-20-17(23)19-12-6-7-14-8-10-15(11-9-14)21(4)5/h8-11,16,22H,6-7,12-13H2,1-5H3,(H2,19,20,23). The molecule has 3 N–H and O–H groups in total. The van der Waals surface area contributed by atoms with Gasteiger partial charge >= 0.3 is 6.03 Å². The number of nitrogens with zero attached hydrogens (tertiary/aromatic N) is 1. The van der Waals surface area contributed by atoms with Gasteiger partial charge in [-0.2, -0.15) is 0 Å². The molecule has 0 radical (unpaired) electrons. The van der Waals surface area contributed by atoms with E-state index in [1.54, 1.807) is 0 Å². The highest BCUT2D eigenvalue weighted by molar-refractivity contribution is 5.73. The van der Waals surface area contributed by atoms with Crippen molar-refractivity contribution in [2.75, 3.05) is 32.1 Å². The van der Waals surface area contributed by atoms with E-state index in [0.29, 0.717) is 6.54 Å². The monoisotopic (exact) mass is 321 g/mol. The van der Waals surface area contributed by atoms with E-state index in [1.807, 2.05) is 34.9 Å². The van der Waals surface area contributed by atoms with Crippen LogP contribution in [0, 0.1) is 5.41 Å². The number of anilines is 1. The Morgan fingerprint density at radius 3 is 2.30 bits per heavy atom. The van der Waals surface area contributed by atoms with Gasteiger partial charge in [0.1, 0.15) is 0 Å². The molecule has 1 unspecified atom stereocenters. The van der Waals surface area contributed by atoms with Crippen molar-refractivity contribution in [1.82, 2.24) is 10.6 Å². The van der Waals surface area contributed by atoms with Gasteiger partial charge in [0.25, 0.3) is 0 Å². The predicted octanol–water partition coefficient (Wildman–Crippen LogP) is 2.39. The Balaban J connectivity index is 2.20. The zero-order valence-electron chi connectivity index (χ0n) is 15.0. The predicted molar refractivity (Wildman–Crippen MR) is 96.0 cm³/mol. The largest absolute Gasteiger partial charge is 0.391 e. The number of amides is 2. The highest BCUT2D eigenvalue weighted by atomic mass is 16.3. The van der Waals surface area contributed by atoms with Crippen LogP contribution in [-0.4, -0.2) is 44.4 Å². The second-order valence-corrected chi connectivity index (χ2v) is 7.18. The van der Waals surface area contributed by atoms with Gasteiger partial charge in [0, 0.05) is 32.9 Å². The van der Waals surface area contributed by atoms with Gasteiger partial charge in [0.15, 0.2) is 0 Å². The van der Waals surface area contributed by atoms with Crippen molar-refractivity contribution < 1.29 is 9.90 Å². The fourth-order valence-electron chi connectivity index (χ4n) is 2.01. The molecule has 23 heavy (non-hydrogen) atoms. The molecule has 0 aliphatic heterocycles. The van der Waals surface area contributed by atoms with Gasteiger partial charge in [-0.1, -0.05) is 32.9 Å². The first-order valence-electron chi connectivity index (χ1n) is 8.16. The van der Waals surface area contributed by atoms with Crippen LogP contribution in [0.2, 0.25) is 0 Å². The van der Waals surface area contributed by atoms with E-state index in [4.69, 9.17) is 0 Å². The highest BCUT2D eigenvalue weighted by Crippen LogP contribution is 2.18. The molecule has 0 spiro atoms. The average Bonchev–Trinajstić information content (AvgIpc) is 2.48. The normalized spacial score (nSPS) is 12.6. The number of aryl methyl sites for hydroxylation is 1. The molecule has 1 aromatic rings. The van der Waals surface area contributed by atoms with Crippen molar-refractivity contribution in [3.63, 3.8) is 0 Å². The lowest BCUT2D eigenvalue weighted by atomic mass is 9.89. The molecule has 0 aliphatic rings. The number of aliphatic hydroxyl groups excluding tert-OH is 1. The van der Waals surface area contributed by atoms with E-state index in [1.165, 1.54) is 11.3 Å². The Morgan fingerprint density at radius 2 is 1.78 bits per heavy atom. The van der Waals surface area contributed by atoms with Gasteiger partial charge in [0.2, 0.25) is 0 Å². The van der Waals surface area contributed by atoms with Crippen molar-refractivity contribution in [1.29, 1.82) is 0 Å². The Hall–Kier alpha value is -1.75. The van der Waals surface area contributed by atoms with E-state index in [9.17, 15) is 9.90 Å². The third kappa shape index (κ3) is 7.37. The van der Waals surface area contributed by atoms with E-state index in [0.717, 1.165) is 12.8 Å². The summed E-state index contributed by atoms with van der Waals surface area (Å²) >= 11 is 0. The molecule has 1 rings (SSSR count). The topological polar surface area (TPSA) is 64.6 Å². The maximum Gasteiger partial charge on any atom is 0.314 e. The number of benzene rings is 1. The van der Waals surface area contributed by atoms with Crippen LogP contribution in [0.1, 0.15) is 32.8 Å². The fraction of sp³-hybridized carbons (Fsp3) is 0.611. The van der Waals surface area contributed by atoms with Crippen molar-refractivity contribution >= 4 is 11.7 Å². The van der Waals surface area contributed by atoms with Gasteiger partial charge in [-0.05, 0) is 36.0 Å². The van der Waals surface area contributed by atoms with E-state index in [2.05, 4.69) is 39.8 Å². The van der Waals surface area contributed by atoms with Gasteiger partial charge in [-0.3, -0.25) is 0 Å². The van der Waals surface area contributed by atoms with E-state index in [-0.39, 0.29) is 18.0 Å². The minimum atomic E-state index is -0.552. The summed E-state index contributed by atoms with van der Waals surface area (Å²) in [6.45, 7) is 6.71. The molecule has 1 atom stereocenters. The second kappa shape index (κ2) is 8.77. The molecular weight excluding hydrogens is 290 g/mol. The molecule has 0 bridgehead atoms. The number of carbonyl (C=O) groups is 1. The number of carbonyl (C=O) groups excluding carboxylic acids is 1. The summed E-state index contributed by atoms with van der Waals surface area (Å²) in [6, 6.07) is 8.22. The minimum absolute atomic E-state index is 0.226. The molecule has 2 amide bonds. The Morgan fingerprint density at radius 1 is 1.17 bits per heavy atom. The van der Waals surface area contributed by atoms with Crippen LogP contribution in [0.5, 0.6) is 0 Å². The maximum atomic E-state index is 11.7. The molecule has 0 fully saturated rings. The summed E-state index contributed by atoms with van der Waals surface area (Å²) in [5.74, 6) is 0. The maximum absolute atomic E-state index is 11.7. The molecule has 0 aliphatic carbocycles. The summed E-state index contributed by atoms with van der Waals surface area (Å²) in [5.41, 5.74) is 2.22. The fourth-order valence-corrected chi connectivity index (χ4v) is 2.01. The van der Waals surface area contributed by atoms with Crippen LogP contribution < -0.4 is 15.5 Å². The SMILES string of the molecule is CN(C)c1ccc(CCCNC(=O)NCC(O)C(C)(C)C)cc1. The minimum Gasteiger partial charge on any atom is -0.391 e. The Bertz CT molecular complexity index is 478. The number of nitrogens with one attached hydrogen (secondary N) is 2. The molecule has 130 valence electrons. The molecular formula is C18H31N3O2. The quantitative estimate of drug-likeness (QED) is 0.676. The average molecular weight is 321 g/mol. The molecule has 1 aromatic carbocycles. The summed E-state index contributed by atoms with van der Waals surface area (Å²) in [5, 5.41) is 15.4. The Kier molecular flexibility index (Phi) is 7.36. The van der Waals surface area contributed by atoms with Gasteiger partial charge in [0.05, 0.1) is 6.10 Å². The van der Waals surface area contributed by atoms with Crippen LogP contribution in [0.4, 0.5) is 10.5 Å². The first-order valence-corrected chi connectivity index (χ1v) is 8.16. The van der Waals surface area contributed by atoms with Crippen LogP contribution in [0.25, 0.3) is 0 Å². The zero-order valence-corrected chi connectivity index (χ0v) is 15.0. The van der Waals surface area contributed by atoms with Crippen LogP contribution >= 0.6 is 0 Å². The molecule has 0 aromatic heterocycles. The van der Waals surface area contributed by atoms with E-state index < -0.39 is 6.10 Å².